The van der Waals surface area contributed by atoms with Crippen molar-refractivity contribution in [3.05, 3.63) is 0 Å². The monoisotopic (exact) mass is 166 g/mol. The lowest BCUT2D eigenvalue weighted by molar-refractivity contribution is -0.0700. The molecular formula is C7H9F3O. The Bertz CT molecular complexity index is 182. The summed E-state index contributed by atoms with van der Waals surface area (Å²) in [6.07, 6.45) is -4.47. The number of rotatable bonds is 1. The summed E-state index contributed by atoms with van der Waals surface area (Å²) in [5.41, 5.74) is -0.977. The van der Waals surface area contributed by atoms with Gasteiger partial charge in [0, 0.05) is 11.3 Å². The average Bonchev–Trinajstić information content (AvgIpc) is 1.83. The van der Waals surface area contributed by atoms with E-state index < -0.39 is 11.6 Å². The fourth-order valence-corrected chi connectivity index (χ4v) is 0.280. The van der Waals surface area contributed by atoms with Gasteiger partial charge in [-0.05, 0) is 13.8 Å². The summed E-state index contributed by atoms with van der Waals surface area (Å²) >= 11 is 0. The quantitative estimate of drug-likeness (QED) is 0.586. The highest BCUT2D eigenvalue weighted by Gasteiger charge is 2.24. The van der Waals surface area contributed by atoms with E-state index in [4.69, 9.17) is 5.11 Å². The molecule has 0 saturated carbocycles. The summed E-state index contributed by atoms with van der Waals surface area (Å²) in [5.74, 6) is 3.03. The van der Waals surface area contributed by atoms with E-state index in [-0.39, 0.29) is 6.61 Å². The molecule has 0 rings (SSSR count). The van der Waals surface area contributed by atoms with Gasteiger partial charge in [-0.25, -0.2) is 0 Å². The minimum absolute atomic E-state index is 0.379. The van der Waals surface area contributed by atoms with Gasteiger partial charge in [0.2, 0.25) is 0 Å². The lowest BCUT2D eigenvalue weighted by atomic mass is 9.96. The molecule has 1 nitrogen and oxygen atoms in total. The SMILES string of the molecule is CC(C)(C#CC(F)(F)F)CO. The van der Waals surface area contributed by atoms with Gasteiger partial charge < -0.3 is 5.11 Å². The van der Waals surface area contributed by atoms with Crippen LogP contribution >= 0.6 is 0 Å². The van der Waals surface area contributed by atoms with Crippen LogP contribution in [0.1, 0.15) is 13.8 Å². The van der Waals surface area contributed by atoms with Crippen LogP contribution in [0.3, 0.4) is 0 Å². The van der Waals surface area contributed by atoms with Crippen molar-refractivity contribution in [3.8, 4) is 11.8 Å². The highest BCUT2D eigenvalue weighted by Crippen LogP contribution is 2.16. The molecule has 0 heterocycles. The zero-order valence-electron chi connectivity index (χ0n) is 6.29. The van der Waals surface area contributed by atoms with Crippen molar-refractivity contribution >= 4 is 0 Å². The lowest BCUT2D eigenvalue weighted by Gasteiger charge is -2.12. The molecule has 0 unspecified atom stereocenters. The van der Waals surface area contributed by atoms with Crippen LogP contribution in [0.25, 0.3) is 0 Å². The van der Waals surface area contributed by atoms with E-state index in [2.05, 4.69) is 0 Å². The van der Waals surface area contributed by atoms with Gasteiger partial charge in [-0.3, -0.25) is 0 Å². The molecule has 0 aliphatic carbocycles. The van der Waals surface area contributed by atoms with Gasteiger partial charge in [0.25, 0.3) is 0 Å². The summed E-state index contributed by atoms with van der Waals surface area (Å²) in [6.45, 7) is 2.49. The summed E-state index contributed by atoms with van der Waals surface area (Å²) in [5, 5.41) is 8.52. The van der Waals surface area contributed by atoms with Gasteiger partial charge in [-0.15, -0.1) is 0 Å². The molecule has 0 aliphatic rings. The first-order chi connectivity index (χ1) is 4.77. The molecule has 1 N–H and O–H groups in total. The van der Waals surface area contributed by atoms with E-state index in [1.165, 1.54) is 13.8 Å². The molecule has 0 aromatic rings. The first-order valence-corrected chi connectivity index (χ1v) is 2.99. The lowest BCUT2D eigenvalue weighted by Crippen LogP contribution is -2.15. The largest absolute Gasteiger partial charge is 0.457 e. The van der Waals surface area contributed by atoms with E-state index in [9.17, 15) is 13.2 Å². The average molecular weight is 166 g/mol. The molecule has 0 saturated heterocycles. The van der Waals surface area contributed by atoms with Gasteiger partial charge >= 0.3 is 6.18 Å². The molecule has 0 aromatic carbocycles. The summed E-state index contributed by atoms with van der Waals surface area (Å²) in [6, 6.07) is 0. The van der Waals surface area contributed by atoms with E-state index >= 15 is 0 Å². The molecule has 11 heavy (non-hydrogen) atoms. The number of hydrogen-bond donors (Lipinski definition) is 1. The van der Waals surface area contributed by atoms with Crippen molar-refractivity contribution in [3.63, 3.8) is 0 Å². The topological polar surface area (TPSA) is 20.2 Å². The maximum atomic E-state index is 11.5. The van der Waals surface area contributed by atoms with Crippen LogP contribution in [0, 0.1) is 17.3 Å². The predicted molar refractivity (Wildman–Crippen MR) is 34.7 cm³/mol. The number of hydrogen-bond acceptors (Lipinski definition) is 1. The third-order valence-corrected chi connectivity index (χ3v) is 0.938. The summed E-state index contributed by atoms with van der Waals surface area (Å²) < 4.78 is 34.4. The van der Waals surface area contributed by atoms with E-state index in [1.54, 1.807) is 0 Å². The number of aliphatic hydroxyl groups is 1. The van der Waals surface area contributed by atoms with Crippen LogP contribution < -0.4 is 0 Å². The molecule has 4 heteroatoms. The molecule has 0 amide bonds. The fraction of sp³-hybridized carbons (Fsp3) is 0.714. The predicted octanol–water partition coefficient (Wildman–Crippen LogP) is 1.57. The Labute approximate surface area is 63.2 Å². The van der Waals surface area contributed by atoms with Gasteiger partial charge in [0.1, 0.15) is 0 Å². The summed E-state index contributed by atoms with van der Waals surface area (Å²) in [4.78, 5) is 0. The molecule has 0 bridgehead atoms. The van der Waals surface area contributed by atoms with Crippen LogP contribution in [-0.2, 0) is 0 Å². The second-order valence-electron chi connectivity index (χ2n) is 2.79. The van der Waals surface area contributed by atoms with Gasteiger partial charge in [0.05, 0.1) is 6.61 Å². The van der Waals surface area contributed by atoms with Crippen molar-refractivity contribution in [2.45, 2.75) is 20.0 Å². The van der Waals surface area contributed by atoms with E-state index in [1.807, 2.05) is 5.92 Å². The van der Waals surface area contributed by atoms with E-state index in [0.717, 1.165) is 5.92 Å². The maximum absolute atomic E-state index is 11.5. The van der Waals surface area contributed by atoms with Crippen molar-refractivity contribution in [1.82, 2.24) is 0 Å². The van der Waals surface area contributed by atoms with Crippen molar-refractivity contribution in [1.29, 1.82) is 0 Å². The third kappa shape index (κ3) is 5.74. The van der Waals surface area contributed by atoms with Gasteiger partial charge in [-0.1, -0.05) is 5.92 Å². The highest BCUT2D eigenvalue weighted by molar-refractivity contribution is 5.12. The third-order valence-electron chi connectivity index (χ3n) is 0.938. The van der Waals surface area contributed by atoms with Crippen LogP contribution in [0.4, 0.5) is 13.2 Å². The number of halogens is 3. The molecule has 0 aliphatic heterocycles. The Balaban J connectivity index is 4.29. The smallest absolute Gasteiger partial charge is 0.395 e. The summed E-state index contributed by atoms with van der Waals surface area (Å²) in [7, 11) is 0. The first-order valence-electron chi connectivity index (χ1n) is 2.99. The van der Waals surface area contributed by atoms with Crippen molar-refractivity contribution in [2.24, 2.45) is 5.41 Å². The standard InChI is InChI=1S/C7H9F3O/c1-6(2,5-11)3-4-7(8,9)10/h11H,5H2,1-2H3. The number of alkyl halides is 3. The Morgan fingerprint density at radius 2 is 1.64 bits per heavy atom. The van der Waals surface area contributed by atoms with Crippen LogP contribution in [0.5, 0.6) is 0 Å². The van der Waals surface area contributed by atoms with Crippen molar-refractivity contribution < 1.29 is 18.3 Å². The zero-order chi connectivity index (χ0) is 9.12. The van der Waals surface area contributed by atoms with E-state index in [0.29, 0.717) is 0 Å². The molecule has 0 fully saturated rings. The highest BCUT2D eigenvalue weighted by atomic mass is 19.4. The first kappa shape index (κ1) is 10.3. The number of aliphatic hydroxyl groups excluding tert-OH is 1. The Kier molecular flexibility index (Phi) is 2.94. The fourth-order valence-electron chi connectivity index (χ4n) is 0.280. The molecular weight excluding hydrogens is 157 g/mol. The Morgan fingerprint density at radius 1 is 1.18 bits per heavy atom. The Morgan fingerprint density at radius 3 is 1.91 bits per heavy atom. The van der Waals surface area contributed by atoms with Gasteiger partial charge in [-0.2, -0.15) is 13.2 Å². The minimum atomic E-state index is -4.47. The van der Waals surface area contributed by atoms with Crippen LogP contribution in [-0.4, -0.2) is 17.9 Å². The maximum Gasteiger partial charge on any atom is 0.457 e. The van der Waals surface area contributed by atoms with Crippen molar-refractivity contribution in [2.75, 3.05) is 6.61 Å². The Hall–Kier alpha value is -0.690. The molecule has 0 radical (unpaired) electrons. The molecule has 0 atom stereocenters. The molecule has 64 valence electrons. The van der Waals surface area contributed by atoms with Crippen LogP contribution in [0.2, 0.25) is 0 Å². The van der Waals surface area contributed by atoms with Gasteiger partial charge in [0.15, 0.2) is 0 Å². The normalized spacial score (nSPS) is 12.2. The molecule has 0 spiro atoms. The zero-order valence-corrected chi connectivity index (χ0v) is 6.29. The minimum Gasteiger partial charge on any atom is -0.395 e. The second-order valence-corrected chi connectivity index (χ2v) is 2.79. The molecule has 0 aromatic heterocycles. The second kappa shape index (κ2) is 3.14. The van der Waals surface area contributed by atoms with Crippen LogP contribution in [0.15, 0.2) is 0 Å².